The predicted molar refractivity (Wildman–Crippen MR) is 168 cm³/mol. The Morgan fingerprint density at radius 2 is 1.34 bits per heavy atom. The van der Waals surface area contributed by atoms with Crippen LogP contribution in [-0.2, 0) is 4.79 Å². The van der Waals surface area contributed by atoms with Gasteiger partial charge < -0.3 is 10.2 Å². The highest BCUT2D eigenvalue weighted by molar-refractivity contribution is 8.08. The third-order valence-corrected chi connectivity index (χ3v) is 9.36. The summed E-state index contributed by atoms with van der Waals surface area (Å²) in [5.41, 5.74) is 3.29. The van der Waals surface area contributed by atoms with Crippen molar-refractivity contribution in [3.05, 3.63) is 135 Å². The van der Waals surface area contributed by atoms with Gasteiger partial charge in [-0.25, -0.2) is 0 Å². The maximum absolute atomic E-state index is 14.3. The van der Waals surface area contributed by atoms with E-state index in [2.05, 4.69) is 11.4 Å². The minimum absolute atomic E-state index is 0.184. The summed E-state index contributed by atoms with van der Waals surface area (Å²) in [4.78, 5) is 31.6. The molecule has 0 fully saturated rings. The van der Waals surface area contributed by atoms with Gasteiger partial charge >= 0.3 is 0 Å². The summed E-state index contributed by atoms with van der Waals surface area (Å²) >= 11 is 2.87. The zero-order valence-electron chi connectivity index (χ0n) is 21.9. The number of carbonyl (C=O) groups is 1. The first-order valence-corrected chi connectivity index (χ1v) is 14.6. The molecule has 1 aromatic heterocycles. The maximum Gasteiger partial charge on any atom is 0.285 e. The standard InChI is InChI=1S/C32H23N5O2S2/c1-35-24-19-11-12-20-25(24)40-32(35)27-30(39)36(22-15-7-3-8-16-22)31(41-27)26-28(33-21-13-5-2-6-14-21)34-37(29(26)38)23-17-9-4-10-18-23/h2-20H,1H3,(H,33,34). The summed E-state index contributed by atoms with van der Waals surface area (Å²) in [5, 5.41) is 10.3. The number of rotatable bonds is 3. The number of amidine groups is 1. The lowest BCUT2D eigenvalue weighted by molar-refractivity contribution is -0.112. The zero-order chi connectivity index (χ0) is 27.9. The molecule has 0 saturated heterocycles. The first kappa shape index (κ1) is 25.1. The molecule has 4 aromatic carbocycles. The smallest absolute Gasteiger partial charge is 0.285 e. The molecule has 0 atom stereocenters. The van der Waals surface area contributed by atoms with Crippen LogP contribution in [0, 0.1) is 0 Å². The van der Waals surface area contributed by atoms with Gasteiger partial charge in [0.25, 0.3) is 11.5 Å². The van der Waals surface area contributed by atoms with Crippen LogP contribution in [0.4, 0.5) is 17.1 Å². The van der Waals surface area contributed by atoms with Crippen LogP contribution >= 0.6 is 23.1 Å². The molecule has 41 heavy (non-hydrogen) atoms. The highest BCUT2D eigenvalue weighted by Gasteiger charge is 2.35. The molecule has 1 N–H and O–H groups in total. The average Bonchev–Trinajstić information content (AvgIpc) is 3.64. The number of thioether (sulfide) groups is 1. The molecule has 0 radical (unpaired) electrons. The summed E-state index contributed by atoms with van der Waals surface area (Å²) in [6.45, 7) is 0. The number of nitrogens with zero attached hydrogens (tertiary/aromatic N) is 4. The fourth-order valence-electron chi connectivity index (χ4n) is 4.88. The fraction of sp³-hybridized carbons (Fsp3) is 0.0312. The van der Waals surface area contributed by atoms with Gasteiger partial charge in [-0.2, -0.15) is 5.01 Å². The number of aromatic nitrogens is 1. The molecule has 2 aliphatic heterocycles. The summed E-state index contributed by atoms with van der Waals surface area (Å²) in [7, 11) is 1.97. The maximum atomic E-state index is 14.3. The minimum Gasteiger partial charge on any atom is -0.338 e. The van der Waals surface area contributed by atoms with Gasteiger partial charge in [0.15, 0.2) is 5.84 Å². The number of para-hydroxylation sites is 4. The molecule has 7 rings (SSSR count). The Bertz CT molecular complexity index is 2000. The van der Waals surface area contributed by atoms with E-state index in [1.54, 1.807) is 16.3 Å². The van der Waals surface area contributed by atoms with E-state index in [0.717, 1.165) is 21.3 Å². The first-order chi connectivity index (χ1) is 20.1. The molecule has 200 valence electrons. The third-order valence-electron chi connectivity index (χ3n) is 6.84. The van der Waals surface area contributed by atoms with E-state index in [0.29, 0.717) is 32.0 Å². The number of hydrogen-bond acceptors (Lipinski definition) is 7. The van der Waals surface area contributed by atoms with Gasteiger partial charge in [0.1, 0.15) is 19.8 Å². The van der Waals surface area contributed by atoms with Crippen molar-refractivity contribution < 1.29 is 4.79 Å². The zero-order valence-corrected chi connectivity index (χ0v) is 23.5. The second kappa shape index (κ2) is 10.3. The van der Waals surface area contributed by atoms with Crippen molar-refractivity contribution in [3.63, 3.8) is 0 Å². The van der Waals surface area contributed by atoms with E-state index in [1.165, 1.54) is 16.3 Å². The lowest BCUT2D eigenvalue weighted by Gasteiger charge is -2.11. The fourth-order valence-corrected chi connectivity index (χ4v) is 7.37. The second-order valence-electron chi connectivity index (χ2n) is 9.41. The van der Waals surface area contributed by atoms with Crippen molar-refractivity contribution >= 4 is 62.5 Å². The van der Waals surface area contributed by atoms with E-state index in [9.17, 15) is 9.59 Å². The van der Waals surface area contributed by atoms with Crippen molar-refractivity contribution in [2.24, 2.45) is 5.10 Å². The molecular weight excluding hydrogens is 551 g/mol. The van der Waals surface area contributed by atoms with Crippen LogP contribution in [0.3, 0.4) is 0 Å². The first-order valence-electron chi connectivity index (χ1n) is 13.0. The molecule has 3 heterocycles. The van der Waals surface area contributed by atoms with Crippen LogP contribution in [0.2, 0.25) is 0 Å². The number of anilines is 3. The van der Waals surface area contributed by atoms with Crippen LogP contribution in [0.25, 0.3) is 16.3 Å². The molecule has 1 amide bonds. The van der Waals surface area contributed by atoms with Gasteiger partial charge in [0.05, 0.1) is 17.1 Å². The number of benzene rings is 4. The third kappa shape index (κ3) is 4.35. The number of hydrazone groups is 1. The van der Waals surface area contributed by atoms with Gasteiger partial charge in [0, 0.05) is 17.6 Å². The number of hydrogen-bond donors (Lipinski definition) is 1. The topological polar surface area (TPSA) is 69.9 Å². The summed E-state index contributed by atoms with van der Waals surface area (Å²) in [5.74, 6) is 0.0658. The van der Waals surface area contributed by atoms with Gasteiger partial charge in [-0.15, -0.1) is 16.4 Å². The monoisotopic (exact) mass is 573 g/mol. The van der Waals surface area contributed by atoms with Crippen molar-refractivity contribution in [2.45, 2.75) is 4.90 Å². The molecule has 2 aliphatic rings. The Labute approximate surface area is 244 Å². The lowest BCUT2D eigenvalue weighted by atomic mass is 10.2. The number of carbonyl (C=O) groups excluding carboxylic acids is 1. The molecular formula is C32H23N5O2S2. The summed E-state index contributed by atoms with van der Waals surface area (Å²) in [6, 6.07) is 36.4. The Morgan fingerprint density at radius 3 is 2.02 bits per heavy atom. The van der Waals surface area contributed by atoms with Crippen LogP contribution in [0.5, 0.6) is 0 Å². The lowest BCUT2D eigenvalue weighted by Crippen LogP contribution is -2.35. The summed E-state index contributed by atoms with van der Waals surface area (Å²) in [6.07, 6.45) is 0. The molecule has 7 nitrogen and oxygen atoms in total. The van der Waals surface area contributed by atoms with Crippen molar-refractivity contribution in [3.8, 4) is 5.69 Å². The quantitative estimate of drug-likeness (QED) is 0.335. The van der Waals surface area contributed by atoms with Crippen LogP contribution < -0.4 is 30.0 Å². The largest absolute Gasteiger partial charge is 0.338 e. The predicted octanol–water partition coefficient (Wildman–Crippen LogP) is 4.83. The molecule has 9 heteroatoms. The highest BCUT2D eigenvalue weighted by atomic mass is 32.2. The Morgan fingerprint density at radius 1 is 0.732 bits per heavy atom. The van der Waals surface area contributed by atoms with E-state index >= 15 is 0 Å². The second-order valence-corrected chi connectivity index (χ2v) is 11.4. The molecule has 0 saturated carbocycles. The minimum atomic E-state index is -0.312. The van der Waals surface area contributed by atoms with Gasteiger partial charge in [-0.3, -0.25) is 14.2 Å². The van der Waals surface area contributed by atoms with E-state index in [-0.39, 0.29) is 11.5 Å². The van der Waals surface area contributed by atoms with Crippen LogP contribution in [0.1, 0.15) is 0 Å². The Balaban J connectivity index is 1.52. The highest BCUT2D eigenvalue weighted by Crippen LogP contribution is 2.45. The SMILES string of the molecule is CN1C(=c2sc(=C3C(=O)N(c4ccccc4)N=C3Nc3ccccc3)n(-c3ccccc3)c2=O)Sc2ccccc21. The van der Waals surface area contributed by atoms with E-state index in [4.69, 9.17) is 5.10 Å². The number of fused-ring (bicyclic) bond motifs is 1. The number of thiazole rings is 1. The summed E-state index contributed by atoms with van der Waals surface area (Å²) < 4.78 is 2.71. The average molecular weight is 574 g/mol. The van der Waals surface area contributed by atoms with Crippen molar-refractivity contribution in [1.29, 1.82) is 0 Å². The molecule has 0 spiro atoms. The van der Waals surface area contributed by atoms with Crippen molar-refractivity contribution in [2.75, 3.05) is 22.3 Å². The van der Waals surface area contributed by atoms with Gasteiger partial charge in [-0.05, 0) is 48.5 Å². The van der Waals surface area contributed by atoms with Crippen molar-refractivity contribution in [1.82, 2.24) is 4.57 Å². The van der Waals surface area contributed by atoms with E-state index in [1.807, 2.05) is 121 Å². The number of nitrogens with one attached hydrogen (secondary N) is 1. The molecule has 0 bridgehead atoms. The number of amides is 1. The molecule has 0 aliphatic carbocycles. The molecule has 0 unspecified atom stereocenters. The van der Waals surface area contributed by atoms with Gasteiger partial charge in [-0.1, -0.05) is 78.5 Å². The molecule has 5 aromatic rings. The van der Waals surface area contributed by atoms with Crippen LogP contribution in [0.15, 0.2) is 130 Å². The van der Waals surface area contributed by atoms with E-state index < -0.39 is 0 Å². The Hall–Kier alpha value is -4.86. The van der Waals surface area contributed by atoms with Gasteiger partial charge in [0.2, 0.25) is 0 Å². The normalized spacial score (nSPS) is 17.1. The van der Waals surface area contributed by atoms with Crippen LogP contribution in [-0.4, -0.2) is 23.4 Å². The Kier molecular flexibility index (Phi) is 6.30.